The van der Waals surface area contributed by atoms with E-state index in [4.69, 9.17) is 16.7 Å². The van der Waals surface area contributed by atoms with Crippen LogP contribution in [0.3, 0.4) is 0 Å². The maximum Gasteiger partial charge on any atom is 0.270 e. The van der Waals surface area contributed by atoms with Gasteiger partial charge in [-0.05, 0) is 25.0 Å². The molecule has 1 aromatic rings. The highest BCUT2D eigenvalue weighted by molar-refractivity contribution is 6.30. The molecule has 0 spiro atoms. The van der Waals surface area contributed by atoms with Crippen molar-refractivity contribution in [2.24, 2.45) is 0 Å². The van der Waals surface area contributed by atoms with E-state index in [1.165, 1.54) is 12.3 Å². The van der Waals surface area contributed by atoms with Gasteiger partial charge in [-0.1, -0.05) is 11.6 Å². The molecule has 1 saturated carbocycles. The first kappa shape index (κ1) is 10.4. The van der Waals surface area contributed by atoms with E-state index in [-0.39, 0.29) is 18.1 Å². The average molecular weight is 227 g/mol. The topological polar surface area (TPSA) is 62.2 Å². The van der Waals surface area contributed by atoms with Crippen LogP contribution in [0.5, 0.6) is 0 Å². The van der Waals surface area contributed by atoms with Gasteiger partial charge in [-0.25, -0.2) is 0 Å². The van der Waals surface area contributed by atoms with Gasteiger partial charge in [0, 0.05) is 17.3 Å². The van der Waals surface area contributed by atoms with Gasteiger partial charge in [0.25, 0.3) is 5.91 Å². The Bertz CT molecular complexity index is 377. The van der Waals surface area contributed by atoms with E-state index >= 15 is 0 Å². The van der Waals surface area contributed by atoms with Gasteiger partial charge in [-0.15, -0.1) is 0 Å². The Labute approximate surface area is 92.3 Å². The molecule has 0 aromatic carbocycles. The standard InChI is InChI=1S/C10H11ClN2O2/c11-6-1-2-12-9(3-6)10(15)13-7-4-8(14)5-7/h1-3,7-8,14H,4-5H2,(H,13,15). The molecule has 1 aliphatic carbocycles. The van der Waals surface area contributed by atoms with E-state index in [0.29, 0.717) is 23.6 Å². The number of halogens is 1. The SMILES string of the molecule is O=C(NC1CC(O)C1)c1cc(Cl)ccn1. The van der Waals surface area contributed by atoms with Crippen molar-refractivity contribution in [3.8, 4) is 0 Å². The summed E-state index contributed by atoms with van der Waals surface area (Å²) in [5, 5.41) is 12.3. The van der Waals surface area contributed by atoms with Crippen molar-refractivity contribution in [2.45, 2.75) is 25.0 Å². The highest BCUT2D eigenvalue weighted by Crippen LogP contribution is 2.19. The molecule has 1 heterocycles. The number of hydrogen-bond acceptors (Lipinski definition) is 3. The van der Waals surface area contributed by atoms with Crippen LogP contribution in [0.15, 0.2) is 18.3 Å². The van der Waals surface area contributed by atoms with Crippen molar-refractivity contribution in [2.75, 3.05) is 0 Å². The van der Waals surface area contributed by atoms with Crippen LogP contribution in [-0.4, -0.2) is 28.1 Å². The van der Waals surface area contributed by atoms with Crippen LogP contribution in [0.1, 0.15) is 23.3 Å². The first-order valence-corrected chi connectivity index (χ1v) is 5.13. The summed E-state index contributed by atoms with van der Waals surface area (Å²) >= 11 is 5.74. The number of carbonyl (C=O) groups excluding carboxylic acids is 1. The van der Waals surface area contributed by atoms with Gasteiger partial charge in [0.1, 0.15) is 5.69 Å². The highest BCUT2D eigenvalue weighted by Gasteiger charge is 2.28. The molecule has 1 fully saturated rings. The number of pyridine rings is 1. The quantitative estimate of drug-likeness (QED) is 0.791. The number of nitrogens with zero attached hydrogens (tertiary/aromatic N) is 1. The molecule has 15 heavy (non-hydrogen) atoms. The molecular formula is C10H11ClN2O2. The van der Waals surface area contributed by atoms with Crippen LogP contribution < -0.4 is 5.32 Å². The zero-order chi connectivity index (χ0) is 10.8. The Hall–Kier alpha value is -1.13. The van der Waals surface area contributed by atoms with Crippen molar-refractivity contribution < 1.29 is 9.90 Å². The number of hydrogen-bond donors (Lipinski definition) is 2. The van der Waals surface area contributed by atoms with Crippen LogP contribution in [0.2, 0.25) is 5.02 Å². The van der Waals surface area contributed by atoms with Gasteiger partial charge in [-0.2, -0.15) is 0 Å². The third kappa shape index (κ3) is 2.46. The molecule has 0 aliphatic heterocycles. The summed E-state index contributed by atoms with van der Waals surface area (Å²) in [5.74, 6) is -0.241. The van der Waals surface area contributed by atoms with Gasteiger partial charge >= 0.3 is 0 Å². The van der Waals surface area contributed by atoms with Gasteiger partial charge in [0.2, 0.25) is 0 Å². The lowest BCUT2D eigenvalue weighted by Gasteiger charge is -2.31. The predicted molar refractivity (Wildman–Crippen MR) is 55.7 cm³/mol. The molecule has 4 nitrogen and oxygen atoms in total. The minimum atomic E-state index is -0.275. The van der Waals surface area contributed by atoms with Crippen molar-refractivity contribution in [1.29, 1.82) is 0 Å². The zero-order valence-electron chi connectivity index (χ0n) is 7.98. The molecular weight excluding hydrogens is 216 g/mol. The number of aliphatic hydroxyl groups is 1. The zero-order valence-corrected chi connectivity index (χ0v) is 8.74. The fourth-order valence-corrected chi connectivity index (χ4v) is 1.65. The van der Waals surface area contributed by atoms with Crippen molar-refractivity contribution in [3.05, 3.63) is 29.0 Å². The monoisotopic (exact) mass is 226 g/mol. The molecule has 0 saturated heterocycles. The molecule has 5 heteroatoms. The molecule has 1 aliphatic rings. The van der Waals surface area contributed by atoms with Crippen LogP contribution in [0.4, 0.5) is 0 Å². The van der Waals surface area contributed by atoms with Crippen LogP contribution in [-0.2, 0) is 0 Å². The Balaban J connectivity index is 1.96. The van der Waals surface area contributed by atoms with E-state index in [9.17, 15) is 4.79 Å². The van der Waals surface area contributed by atoms with Crippen molar-refractivity contribution >= 4 is 17.5 Å². The van der Waals surface area contributed by atoms with Crippen LogP contribution in [0.25, 0.3) is 0 Å². The number of nitrogens with one attached hydrogen (secondary N) is 1. The summed E-state index contributed by atoms with van der Waals surface area (Å²) in [7, 11) is 0. The molecule has 1 aromatic heterocycles. The molecule has 80 valence electrons. The lowest BCUT2D eigenvalue weighted by atomic mass is 9.89. The second-order valence-electron chi connectivity index (χ2n) is 3.65. The maximum absolute atomic E-state index is 11.6. The first-order valence-electron chi connectivity index (χ1n) is 4.75. The van der Waals surface area contributed by atoms with Gasteiger partial charge in [-0.3, -0.25) is 9.78 Å². The number of aromatic nitrogens is 1. The summed E-state index contributed by atoms with van der Waals surface area (Å²) in [6.45, 7) is 0. The van der Waals surface area contributed by atoms with Crippen molar-refractivity contribution in [1.82, 2.24) is 10.3 Å². The first-order chi connectivity index (χ1) is 7.15. The van der Waals surface area contributed by atoms with Crippen LogP contribution >= 0.6 is 11.6 Å². The summed E-state index contributed by atoms with van der Waals surface area (Å²) < 4.78 is 0. The number of carbonyl (C=O) groups is 1. The minimum absolute atomic E-state index is 0.0632. The Morgan fingerprint density at radius 1 is 1.60 bits per heavy atom. The molecule has 0 radical (unpaired) electrons. The van der Waals surface area contributed by atoms with Gasteiger partial charge in [0.05, 0.1) is 6.10 Å². The Morgan fingerprint density at radius 2 is 2.33 bits per heavy atom. The fraction of sp³-hybridized carbons (Fsp3) is 0.400. The van der Waals surface area contributed by atoms with Crippen molar-refractivity contribution in [3.63, 3.8) is 0 Å². The minimum Gasteiger partial charge on any atom is -0.393 e. The molecule has 0 atom stereocenters. The van der Waals surface area contributed by atoms with E-state index in [0.717, 1.165) is 0 Å². The highest BCUT2D eigenvalue weighted by atomic mass is 35.5. The number of aliphatic hydroxyl groups excluding tert-OH is 1. The lowest BCUT2D eigenvalue weighted by molar-refractivity contribution is 0.0560. The second kappa shape index (κ2) is 4.16. The maximum atomic E-state index is 11.6. The summed E-state index contributed by atoms with van der Waals surface area (Å²) in [4.78, 5) is 15.5. The molecule has 2 N–H and O–H groups in total. The Morgan fingerprint density at radius 3 is 2.93 bits per heavy atom. The fourth-order valence-electron chi connectivity index (χ4n) is 1.49. The third-order valence-electron chi connectivity index (χ3n) is 2.40. The normalized spacial score (nSPS) is 24.4. The lowest BCUT2D eigenvalue weighted by Crippen LogP contribution is -2.46. The van der Waals surface area contributed by atoms with E-state index < -0.39 is 0 Å². The van der Waals surface area contributed by atoms with Gasteiger partial charge < -0.3 is 10.4 Å². The van der Waals surface area contributed by atoms with E-state index in [2.05, 4.69) is 10.3 Å². The van der Waals surface area contributed by atoms with E-state index in [1.54, 1.807) is 6.07 Å². The third-order valence-corrected chi connectivity index (χ3v) is 2.64. The number of rotatable bonds is 2. The smallest absolute Gasteiger partial charge is 0.270 e. The number of amides is 1. The Kier molecular flexibility index (Phi) is 2.88. The largest absolute Gasteiger partial charge is 0.393 e. The summed E-state index contributed by atoms with van der Waals surface area (Å²) in [6, 6.07) is 3.20. The second-order valence-corrected chi connectivity index (χ2v) is 4.09. The van der Waals surface area contributed by atoms with E-state index in [1.807, 2.05) is 0 Å². The summed E-state index contributed by atoms with van der Waals surface area (Å²) in [5.41, 5.74) is 0.309. The predicted octanol–water partition coefficient (Wildman–Crippen LogP) is 0.988. The molecule has 2 rings (SSSR count). The molecule has 0 bridgehead atoms. The molecule has 0 unspecified atom stereocenters. The summed E-state index contributed by atoms with van der Waals surface area (Å²) in [6.07, 6.45) is 2.45. The average Bonchev–Trinajstić information content (AvgIpc) is 2.15. The van der Waals surface area contributed by atoms with Gasteiger partial charge in [0.15, 0.2) is 0 Å². The van der Waals surface area contributed by atoms with Crippen LogP contribution in [0, 0.1) is 0 Å². The molecule has 1 amide bonds.